The van der Waals surface area contributed by atoms with Gasteiger partial charge < -0.3 is 10.4 Å². The molecule has 6 heteroatoms. The summed E-state index contributed by atoms with van der Waals surface area (Å²) in [5.74, 6) is -0.174. The molecule has 2 rings (SSSR count). The van der Waals surface area contributed by atoms with Gasteiger partial charge >= 0.3 is 0 Å². The summed E-state index contributed by atoms with van der Waals surface area (Å²) in [7, 11) is 0. The summed E-state index contributed by atoms with van der Waals surface area (Å²) in [6.45, 7) is 2.26. The van der Waals surface area contributed by atoms with E-state index in [4.69, 9.17) is 0 Å². The molecule has 1 aromatic heterocycles. The quantitative estimate of drug-likeness (QED) is 0.815. The predicted octanol–water partition coefficient (Wildman–Crippen LogP) is 0.745. The minimum Gasteiger partial charge on any atom is -0.388 e. The second-order valence-corrected chi connectivity index (χ2v) is 4.92. The third kappa shape index (κ3) is 2.22. The Balaban J connectivity index is 1.93. The molecule has 16 heavy (non-hydrogen) atoms. The summed E-state index contributed by atoms with van der Waals surface area (Å²) in [5.41, 5.74) is 0.0447. The van der Waals surface area contributed by atoms with Crippen LogP contribution in [0.1, 0.15) is 41.6 Å². The number of carbonyl (C=O) groups excluding carboxylic acids is 1. The van der Waals surface area contributed by atoms with Crippen molar-refractivity contribution in [3.8, 4) is 0 Å². The smallest absolute Gasteiger partial charge is 0.265 e. The first-order valence-electron chi connectivity index (χ1n) is 5.46. The molecule has 1 aliphatic rings. The molecule has 1 heterocycles. The van der Waals surface area contributed by atoms with Crippen LogP contribution in [0.25, 0.3) is 0 Å². The number of carbonyl (C=O) groups is 1. The number of hydrogen-bond acceptors (Lipinski definition) is 5. The average molecular weight is 241 g/mol. The SMILES string of the molecule is CCc1nnsc1C(=O)NCC1(O)CCC1. The molecule has 88 valence electrons. The van der Waals surface area contributed by atoms with Crippen molar-refractivity contribution >= 4 is 17.4 Å². The van der Waals surface area contributed by atoms with Crippen molar-refractivity contribution in [1.82, 2.24) is 14.9 Å². The van der Waals surface area contributed by atoms with E-state index < -0.39 is 5.60 Å². The summed E-state index contributed by atoms with van der Waals surface area (Å²) >= 11 is 1.10. The molecule has 1 aliphatic carbocycles. The summed E-state index contributed by atoms with van der Waals surface area (Å²) in [6.07, 6.45) is 3.28. The number of amides is 1. The number of aromatic nitrogens is 2. The van der Waals surface area contributed by atoms with E-state index in [1.54, 1.807) is 0 Å². The van der Waals surface area contributed by atoms with Crippen molar-refractivity contribution in [3.05, 3.63) is 10.6 Å². The molecule has 1 aromatic rings. The van der Waals surface area contributed by atoms with Gasteiger partial charge in [-0.25, -0.2) is 0 Å². The molecule has 0 radical (unpaired) electrons. The number of hydrogen-bond donors (Lipinski definition) is 2. The molecular formula is C10H15N3O2S. The number of aryl methyl sites for hydroxylation is 1. The molecule has 0 unspecified atom stereocenters. The highest BCUT2D eigenvalue weighted by Gasteiger charge is 2.34. The highest BCUT2D eigenvalue weighted by atomic mass is 32.1. The molecule has 5 nitrogen and oxygen atoms in total. The number of nitrogens with zero attached hydrogens (tertiary/aromatic N) is 2. The van der Waals surface area contributed by atoms with Gasteiger partial charge in [-0.2, -0.15) is 0 Å². The van der Waals surface area contributed by atoms with Crippen molar-refractivity contribution < 1.29 is 9.90 Å². The first kappa shape index (κ1) is 11.5. The lowest BCUT2D eigenvalue weighted by molar-refractivity contribution is -0.0300. The largest absolute Gasteiger partial charge is 0.388 e. The van der Waals surface area contributed by atoms with Crippen molar-refractivity contribution in [3.63, 3.8) is 0 Å². The molecule has 0 aliphatic heterocycles. The van der Waals surface area contributed by atoms with Crippen LogP contribution in [0, 0.1) is 0 Å². The number of nitrogens with one attached hydrogen (secondary N) is 1. The first-order valence-corrected chi connectivity index (χ1v) is 6.24. The Kier molecular flexibility index (Phi) is 3.20. The molecule has 0 spiro atoms. The van der Waals surface area contributed by atoms with E-state index in [2.05, 4.69) is 14.9 Å². The van der Waals surface area contributed by atoms with E-state index in [1.807, 2.05) is 6.92 Å². The van der Waals surface area contributed by atoms with Crippen LogP contribution in [0.2, 0.25) is 0 Å². The summed E-state index contributed by atoms with van der Waals surface area (Å²) < 4.78 is 3.76. The fourth-order valence-corrected chi connectivity index (χ4v) is 2.37. The van der Waals surface area contributed by atoms with Gasteiger partial charge in [0.05, 0.1) is 11.3 Å². The second kappa shape index (κ2) is 4.47. The molecule has 0 atom stereocenters. The van der Waals surface area contributed by atoms with Gasteiger partial charge in [0.2, 0.25) is 0 Å². The van der Waals surface area contributed by atoms with Gasteiger partial charge in [-0.05, 0) is 37.2 Å². The van der Waals surface area contributed by atoms with Crippen LogP contribution >= 0.6 is 11.5 Å². The minimum atomic E-state index is -0.680. The van der Waals surface area contributed by atoms with Crippen molar-refractivity contribution in [2.45, 2.75) is 38.2 Å². The molecule has 1 saturated carbocycles. The van der Waals surface area contributed by atoms with E-state index in [0.717, 1.165) is 36.5 Å². The zero-order chi connectivity index (χ0) is 11.6. The Morgan fingerprint density at radius 3 is 2.94 bits per heavy atom. The van der Waals surface area contributed by atoms with Gasteiger partial charge in [-0.1, -0.05) is 11.4 Å². The second-order valence-electron chi connectivity index (χ2n) is 4.16. The van der Waals surface area contributed by atoms with E-state index in [-0.39, 0.29) is 5.91 Å². The van der Waals surface area contributed by atoms with Crippen LogP contribution in [0.15, 0.2) is 0 Å². The highest BCUT2D eigenvalue weighted by molar-refractivity contribution is 7.08. The lowest BCUT2D eigenvalue weighted by Crippen LogP contribution is -2.47. The standard InChI is InChI=1S/C10H15N3O2S/c1-2-7-8(16-13-12-7)9(14)11-6-10(15)4-3-5-10/h15H,2-6H2,1H3,(H,11,14). The minimum absolute atomic E-state index is 0.174. The van der Waals surface area contributed by atoms with Crippen molar-refractivity contribution in [1.29, 1.82) is 0 Å². The lowest BCUT2D eigenvalue weighted by Gasteiger charge is -2.36. The van der Waals surface area contributed by atoms with Crippen molar-refractivity contribution in [2.75, 3.05) is 6.54 Å². The molecule has 0 saturated heterocycles. The zero-order valence-corrected chi connectivity index (χ0v) is 10.0. The van der Waals surface area contributed by atoms with E-state index in [1.165, 1.54) is 0 Å². The Morgan fingerprint density at radius 1 is 1.62 bits per heavy atom. The maximum Gasteiger partial charge on any atom is 0.265 e. The van der Waals surface area contributed by atoms with Crippen LogP contribution in [-0.4, -0.2) is 32.7 Å². The van der Waals surface area contributed by atoms with E-state index in [9.17, 15) is 9.90 Å². The van der Waals surface area contributed by atoms with Crippen LogP contribution in [0.4, 0.5) is 0 Å². The third-order valence-electron chi connectivity index (χ3n) is 2.96. The van der Waals surface area contributed by atoms with E-state index in [0.29, 0.717) is 17.8 Å². The summed E-state index contributed by atoms with van der Waals surface area (Å²) in [4.78, 5) is 12.3. The van der Waals surface area contributed by atoms with Crippen LogP contribution < -0.4 is 5.32 Å². The van der Waals surface area contributed by atoms with Gasteiger partial charge in [0.15, 0.2) is 0 Å². The molecule has 1 fully saturated rings. The number of rotatable bonds is 4. The molecule has 2 N–H and O–H groups in total. The van der Waals surface area contributed by atoms with Gasteiger partial charge in [0.25, 0.3) is 5.91 Å². The van der Waals surface area contributed by atoms with Crippen LogP contribution in [0.5, 0.6) is 0 Å². The Hall–Kier alpha value is -1.01. The summed E-state index contributed by atoms with van der Waals surface area (Å²) in [6, 6.07) is 0. The summed E-state index contributed by atoms with van der Waals surface area (Å²) in [5, 5.41) is 16.5. The van der Waals surface area contributed by atoms with Crippen molar-refractivity contribution in [2.24, 2.45) is 0 Å². The molecule has 0 aromatic carbocycles. The maximum atomic E-state index is 11.8. The molecule has 1 amide bonds. The highest BCUT2D eigenvalue weighted by Crippen LogP contribution is 2.30. The predicted molar refractivity (Wildman–Crippen MR) is 60.4 cm³/mol. The third-order valence-corrected chi connectivity index (χ3v) is 3.73. The normalized spacial score (nSPS) is 17.9. The van der Waals surface area contributed by atoms with Gasteiger partial charge in [0.1, 0.15) is 4.88 Å². The van der Waals surface area contributed by atoms with Crippen LogP contribution in [-0.2, 0) is 6.42 Å². The fraction of sp³-hybridized carbons (Fsp3) is 0.700. The Bertz CT molecular complexity index is 387. The van der Waals surface area contributed by atoms with Gasteiger partial charge in [-0.3, -0.25) is 4.79 Å². The first-order chi connectivity index (χ1) is 7.64. The zero-order valence-electron chi connectivity index (χ0n) is 9.19. The monoisotopic (exact) mass is 241 g/mol. The van der Waals surface area contributed by atoms with Gasteiger partial charge in [0, 0.05) is 6.54 Å². The molecular weight excluding hydrogens is 226 g/mol. The lowest BCUT2D eigenvalue weighted by atomic mass is 9.80. The molecule has 0 bridgehead atoms. The van der Waals surface area contributed by atoms with Crippen LogP contribution in [0.3, 0.4) is 0 Å². The van der Waals surface area contributed by atoms with E-state index >= 15 is 0 Å². The Morgan fingerprint density at radius 2 is 2.38 bits per heavy atom. The maximum absolute atomic E-state index is 11.8. The average Bonchev–Trinajstić information content (AvgIpc) is 2.71. The number of aliphatic hydroxyl groups is 1. The fourth-order valence-electron chi connectivity index (χ4n) is 1.70. The van der Waals surface area contributed by atoms with Gasteiger partial charge in [-0.15, -0.1) is 5.10 Å². The Labute approximate surface area is 98.0 Å². The topological polar surface area (TPSA) is 75.1 Å².